The molecule has 0 aliphatic carbocycles. The summed E-state index contributed by atoms with van der Waals surface area (Å²) in [6.45, 7) is 5.21. The quantitative estimate of drug-likeness (QED) is 0.393. The van der Waals surface area contributed by atoms with Crippen molar-refractivity contribution < 1.29 is 5.11 Å². The van der Waals surface area contributed by atoms with E-state index in [4.69, 9.17) is 5.73 Å². The van der Waals surface area contributed by atoms with E-state index in [1.807, 2.05) is 6.07 Å². The van der Waals surface area contributed by atoms with Crippen LogP contribution in [0.25, 0.3) is 0 Å². The lowest BCUT2D eigenvalue weighted by molar-refractivity contribution is 0.466. The molecular formula is C12H20N2O. The van der Waals surface area contributed by atoms with Gasteiger partial charge in [-0.1, -0.05) is 13.8 Å². The second-order valence-corrected chi connectivity index (χ2v) is 4.10. The lowest BCUT2D eigenvalue weighted by atomic mass is 10.1. The molecule has 0 spiro atoms. The average molecular weight is 208 g/mol. The van der Waals surface area contributed by atoms with Crippen LogP contribution in [0.4, 0.5) is 5.69 Å². The van der Waals surface area contributed by atoms with Gasteiger partial charge in [-0.3, -0.25) is 0 Å². The van der Waals surface area contributed by atoms with Crippen LogP contribution in [0.2, 0.25) is 0 Å². The molecular weight excluding hydrogens is 188 g/mol. The van der Waals surface area contributed by atoms with Gasteiger partial charge in [0.05, 0.1) is 0 Å². The highest BCUT2D eigenvalue weighted by molar-refractivity contribution is 5.47. The first kappa shape index (κ1) is 11.9. The van der Waals surface area contributed by atoms with E-state index < -0.39 is 0 Å². The summed E-state index contributed by atoms with van der Waals surface area (Å²) < 4.78 is 0. The number of nitrogens with two attached hydrogens (primary N) is 1. The lowest BCUT2D eigenvalue weighted by Crippen LogP contribution is -2.23. The molecule has 1 aromatic rings. The van der Waals surface area contributed by atoms with E-state index in [1.54, 1.807) is 12.1 Å². The number of phenols is 1. The molecule has 84 valence electrons. The molecule has 1 rings (SSSR count). The Hall–Kier alpha value is -1.22. The van der Waals surface area contributed by atoms with Crippen molar-refractivity contribution in [2.24, 2.45) is 0 Å². The summed E-state index contributed by atoms with van der Waals surface area (Å²) in [7, 11) is 0. The summed E-state index contributed by atoms with van der Waals surface area (Å²) in [5, 5.41) is 12.9. The fourth-order valence-electron chi connectivity index (χ4n) is 1.48. The molecule has 0 saturated heterocycles. The topological polar surface area (TPSA) is 58.3 Å². The molecule has 15 heavy (non-hydrogen) atoms. The molecule has 0 heterocycles. The Morgan fingerprint density at radius 3 is 2.80 bits per heavy atom. The maximum Gasteiger partial charge on any atom is 0.118 e. The van der Waals surface area contributed by atoms with E-state index in [-0.39, 0.29) is 0 Å². The van der Waals surface area contributed by atoms with Crippen LogP contribution in [-0.2, 0) is 6.42 Å². The van der Waals surface area contributed by atoms with Gasteiger partial charge < -0.3 is 16.2 Å². The van der Waals surface area contributed by atoms with Gasteiger partial charge in [-0.15, -0.1) is 0 Å². The number of aromatic hydroxyl groups is 1. The summed E-state index contributed by atoms with van der Waals surface area (Å²) in [6.07, 6.45) is 1.87. The van der Waals surface area contributed by atoms with Gasteiger partial charge in [0.2, 0.25) is 0 Å². The van der Waals surface area contributed by atoms with Crippen LogP contribution >= 0.6 is 0 Å². The number of nitrogens with one attached hydrogen (secondary N) is 1. The third-order valence-corrected chi connectivity index (χ3v) is 2.28. The van der Waals surface area contributed by atoms with Gasteiger partial charge in [0.1, 0.15) is 5.75 Å². The van der Waals surface area contributed by atoms with Crippen molar-refractivity contribution in [1.82, 2.24) is 5.32 Å². The van der Waals surface area contributed by atoms with Crippen LogP contribution in [0.3, 0.4) is 0 Å². The Kier molecular flexibility index (Phi) is 4.43. The normalized spacial score (nSPS) is 10.9. The molecule has 0 bridgehead atoms. The van der Waals surface area contributed by atoms with Crippen molar-refractivity contribution in [3.63, 3.8) is 0 Å². The minimum atomic E-state index is 0.341. The van der Waals surface area contributed by atoms with Gasteiger partial charge in [0, 0.05) is 11.7 Å². The molecule has 0 amide bonds. The Labute approximate surface area is 91.3 Å². The minimum Gasteiger partial charge on any atom is -0.508 e. The molecule has 0 aromatic heterocycles. The van der Waals surface area contributed by atoms with Gasteiger partial charge in [0.25, 0.3) is 0 Å². The van der Waals surface area contributed by atoms with Gasteiger partial charge in [-0.25, -0.2) is 0 Å². The van der Waals surface area contributed by atoms with Crippen molar-refractivity contribution in [3.05, 3.63) is 23.8 Å². The second kappa shape index (κ2) is 5.61. The van der Waals surface area contributed by atoms with Crippen LogP contribution in [0.5, 0.6) is 5.75 Å². The van der Waals surface area contributed by atoms with Gasteiger partial charge in [0.15, 0.2) is 0 Å². The number of nitrogen functional groups attached to an aromatic ring is 1. The number of phenolic OH excluding ortho intramolecular Hbond substituents is 1. The molecule has 3 heteroatoms. The van der Waals surface area contributed by atoms with E-state index in [9.17, 15) is 5.11 Å². The summed E-state index contributed by atoms with van der Waals surface area (Å²) >= 11 is 0. The van der Waals surface area contributed by atoms with Gasteiger partial charge >= 0.3 is 0 Å². The second-order valence-electron chi connectivity index (χ2n) is 4.10. The summed E-state index contributed by atoms with van der Waals surface area (Å²) in [6, 6.07) is 5.72. The van der Waals surface area contributed by atoms with E-state index in [0.717, 1.165) is 24.9 Å². The molecule has 0 fully saturated rings. The monoisotopic (exact) mass is 208 g/mol. The molecule has 0 unspecified atom stereocenters. The predicted molar refractivity (Wildman–Crippen MR) is 64.0 cm³/mol. The zero-order chi connectivity index (χ0) is 11.3. The SMILES string of the molecule is CC(C)NCCCc1cc(N)ccc1O. The molecule has 0 atom stereocenters. The molecule has 4 N–H and O–H groups in total. The number of aryl methyl sites for hydroxylation is 1. The van der Waals surface area contributed by atoms with Crippen LogP contribution < -0.4 is 11.1 Å². The maximum atomic E-state index is 9.57. The maximum absolute atomic E-state index is 9.57. The van der Waals surface area contributed by atoms with Gasteiger partial charge in [-0.2, -0.15) is 0 Å². The standard InChI is InChI=1S/C12H20N2O/c1-9(2)14-7-3-4-10-8-11(13)5-6-12(10)15/h5-6,8-9,14-15H,3-4,7,13H2,1-2H3. The van der Waals surface area contributed by atoms with Crippen molar-refractivity contribution in [2.75, 3.05) is 12.3 Å². The first-order valence-electron chi connectivity index (χ1n) is 5.40. The van der Waals surface area contributed by atoms with E-state index in [0.29, 0.717) is 17.5 Å². The molecule has 0 radical (unpaired) electrons. The number of benzene rings is 1. The summed E-state index contributed by atoms with van der Waals surface area (Å²) in [5.74, 6) is 0.341. The molecule has 0 aliphatic rings. The highest BCUT2D eigenvalue weighted by Gasteiger charge is 2.01. The van der Waals surface area contributed by atoms with E-state index in [1.165, 1.54) is 0 Å². The van der Waals surface area contributed by atoms with Crippen LogP contribution in [0, 0.1) is 0 Å². The minimum absolute atomic E-state index is 0.341. The van der Waals surface area contributed by atoms with Crippen LogP contribution in [-0.4, -0.2) is 17.7 Å². The fourth-order valence-corrected chi connectivity index (χ4v) is 1.48. The molecule has 0 aliphatic heterocycles. The summed E-state index contributed by atoms with van der Waals surface area (Å²) in [4.78, 5) is 0. The van der Waals surface area contributed by atoms with Crippen LogP contribution in [0.1, 0.15) is 25.8 Å². The largest absolute Gasteiger partial charge is 0.508 e. The average Bonchev–Trinajstić information content (AvgIpc) is 2.17. The number of anilines is 1. The number of hydrogen-bond donors (Lipinski definition) is 3. The Morgan fingerprint density at radius 1 is 1.40 bits per heavy atom. The van der Waals surface area contributed by atoms with Crippen molar-refractivity contribution >= 4 is 5.69 Å². The Bertz CT molecular complexity index is 310. The van der Waals surface area contributed by atoms with Gasteiger partial charge in [-0.05, 0) is 43.1 Å². The molecule has 0 saturated carbocycles. The van der Waals surface area contributed by atoms with Crippen molar-refractivity contribution in [3.8, 4) is 5.75 Å². The van der Waals surface area contributed by atoms with E-state index in [2.05, 4.69) is 19.2 Å². The highest BCUT2D eigenvalue weighted by atomic mass is 16.3. The predicted octanol–water partition coefficient (Wildman–Crippen LogP) is 1.90. The zero-order valence-corrected chi connectivity index (χ0v) is 9.46. The lowest BCUT2D eigenvalue weighted by Gasteiger charge is -2.09. The first-order chi connectivity index (χ1) is 7.09. The molecule has 3 nitrogen and oxygen atoms in total. The Balaban J connectivity index is 2.40. The Morgan fingerprint density at radius 2 is 2.13 bits per heavy atom. The third kappa shape index (κ3) is 4.21. The van der Waals surface area contributed by atoms with E-state index >= 15 is 0 Å². The first-order valence-corrected chi connectivity index (χ1v) is 5.40. The van der Waals surface area contributed by atoms with Crippen LogP contribution in [0.15, 0.2) is 18.2 Å². The van der Waals surface area contributed by atoms with Crippen molar-refractivity contribution in [2.45, 2.75) is 32.7 Å². The number of hydrogen-bond acceptors (Lipinski definition) is 3. The fraction of sp³-hybridized carbons (Fsp3) is 0.500. The zero-order valence-electron chi connectivity index (χ0n) is 9.46. The summed E-state index contributed by atoms with van der Waals surface area (Å²) in [5.41, 5.74) is 7.29. The van der Waals surface area contributed by atoms with Crippen molar-refractivity contribution in [1.29, 1.82) is 0 Å². The smallest absolute Gasteiger partial charge is 0.118 e. The third-order valence-electron chi connectivity index (χ3n) is 2.28. The highest BCUT2D eigenvalue weighted by Crippen LogP contribution is 2.20. The molecule has 1 aromatic carbocycles. The number of rotatable bonds is 5.